The number of carbonyl (C=O) groups excluding carboxylic acids is 3. The summed E-state index contributed by atoms with van der Waals surface area (Å²) in [7, 11) is 0. The molecule has 2 aromatic rings. The minimum absolute atomic E-state index is 0.0286. The first-order valence-electron chi connectivity index (χ1n) is 12.2. The summed E-state index contributed by atoms with van der Waals surface area (Å²) in [5.41, 5.74) is 2.23. The molecule has 8 nitrogen and oxygen atoms in total. The molecule has 1 fully saturated rings. The van der Waals surface area contributed by atoms with Crippen molar-refractivity contribution in [3.8, 4) is 0 Å². The normalized spacial score (nSPS) is 14.3. The Morgan fingerprint density at radius 3 is 2.31 bits per heavy atom. The van der Waals surface area contributed by atoms with E-state index in [-0.39, 0.29) is 29.6 Å². The Bertz CT molecular complexity index is 1010. The van der Waals surface area contributed by atoms with Gasteiger partial charge >= 0.3 is 5.97 Å². The number of benzene rings is 1. The molecule has 1 aromatic carbocycles. The van der Waals surface area contributed by atoms with Crippen LogP contribution >= 0.6 is 0 Å². The van der Waals surface area contributed by atoms with E-state index in [0.29, 0.717) is 43.9 Å². The maximum Gasteiger partial charge on any atom is 0.339 e. The zero-order chi connectivity index (χ0) is 25.4. The van der Waals surface area contributed by atoms with E-state index in [1.807, 2.05) is 35.2 Å². The molecule has 0 unspecified atom stereocenters. The van der Waals surface area contributed by atoms with Crippen molar-refractivity contribution in [2.45, 2.75) is 46.0 Å². The van der Waals surface area contributed by atoms with Crippen LogP contribution in [0.5, 0.6) is 0 Å². The number of rotatable bonds is 7. The van der Waals surface area contributed by atoms with Gasteiger partial charge in [-0.15, -0.1) is 0 Å². The minimum Gasteiger partial charge on any atom is -0.462 e. The van der Waals surface area contributed by atoms with Gasteiger partial charge in [0, 0.05) is 50.9 Å². The molecule has 1 saturated heterocycles. The fraction of sp³-hybridized carbons (Fsp3) is 0.481. The molecule has 1 N–H and O–H groups in total. The molecule has 0 aliphatic carbocycles. The number of ether oxygens (including phenoxy) is 1. The molecule has 1 aliphatic heterocycles. The van der Waals surface area contributed by atoms with Crippen LogP contribution in [-0.4, -0.2) is 67.0 Å². The van der Waals surface area contributed by atoms with Crippen molar-refractivity contribution >= 4 is 23.6 Å². The molecule has 0 spiro atoms. The number of amides is 2. The molecular formula is C27H36N4O4. The second kappa shape index (κ2) is 11.8. The number of nitrogens with one attached hydrogen (secondary N) is 1. The van der Waals surface area contributed by atoms with Crippen LogP contribution in [0.1, 0.15) is 66.8 Å². The first-order valence-corrected chi connectivity index (χ1v) is 12.2. The molecule has 0 radical (unpaired) electrons. The van der Waals surface area contributed by atoms with Crippen LogP contribution in [0.3, 0.4) is 0 Å². The van der Waals surface area contributed by atoms with Crippen molar-refractivity contribution in [1.82, 2.24) is 15.2 Å². The van der Waals surface area contributed by atoms with E-state index in [2.05, 4.69) is 36.0 Å². The van der Waals surface area contributed by atoms with E-state index in [9.17, 15) is 14.4 Å². The third-order valence-corrected chi connectivity index (χ3v) is 6.07. The standard InChI is InChI=1S/C27H36N4O4/c1-5-35-26(34)21-9-12-23(29-19-21)30-15-6-16-31(18-17-30)24(32)13-14-28-25(33)20-7-10-22(11-8-20)27(2,3)4/h7-12,19H,5-6,13-18H2,1-4H3,(H,28,33). The first-order chi connectivity index (χ1) is 16.7. The van der Waals surface area contributed by atoms with Gasteiger partial charge in [-0.3, -0.25) is 9.59 Å². The lowest BCUT2D eigenvalue weighted by molar-refractivity contribution is -0.130. The summed E-state index contributed by atoms with van der Waals surface area (Å²) in [6, 6.07) is 11.1. The summed E-state index contributed by atoms with van der Waals surface area (Å²) in [4.78, 5) is 45.4. The molecule has 0 atom stereocenters. The zero-order valence-electron chi connectivity index (χ0n) is 21.2. The van der Waals surface area contributed by atoms with E-state index in [0.717, 1.165) is 18.8 Å². The van der Waals surface area contributed by atoms with Crippen molar-refractivity contribution in [2.75, 3.05) is 44.2 Å². The van der Waals surface area contributed by atoms with Gasteiger partial charge < -0.3 is 19.9 Å². The third kappa shape index (κ3) is 7.28. The third-order valence-electron chi connectivity index (χ3n) is 6.07. The Labute approximate surface area is 207 Å². The van der Waals surface area contributed by atoms with Gasteiger partial charge in [-0.05, 0) is 48.6 Å². The fourth-order valence-corrected chi connectivity index (χ4v) is 3.97. The summed E-state index contributed by atoms with van der Waals surface area (Å²) in [6.45, 7) is 11.5. The molecule has 35 heavy (non-hydrogen) atoms. The monoisotopic (exact) mass is 480 g/mol. The maximum absolute atomic E-state index is 12.7. The molecular weight excluding hydrogens is 444 g/mol. The summed E-state index contributed by atoms with van der Waals surface area (Å²) in [6.07, 6.45) is 2.61. The predicted molar refractivity (Wildman–Crippen MR) is 136 cm³/mol. The topological polar surface area (TPSA) is 91.8 Å². The van der Waals surface area contributed by atoms with Crippen molar-refractivity contribution in [1.29, 1.82) is 0 Å². The highest BCUT2D eigenvalue weighted by atomic mass is 16.5. The average molecular weight is 481 g/mol. The smallest absolute Gasteiger partial charge is 0.339 e. The van der Waals surface area contributed by atoms with Crippen LogP contribution in [-0.2, 0) is 14.9 Å². The highest BCUT2D eigenvalue weighted by molar-refractivity contribution is 5.94. The Morgan fingerprint density at radius 1 is 0.971 bits per heavy atom. The Balaban J connectivity index is 1.45. The number of hydrogen-bond acceptors (Lipinski definition) is 6. The van der Waals surface area contributed by atoms with E-state index < -0.39 is 0 Å². The lowest BCUT2D eigenvalue weighted by Crippen LogP contribution is -2.37. The Morgan fingerprint density at radius 2 is 1.69 bits per heavy atom. The van der Waals surface area contributed by atoms with Gasteiger partial charge in [0.05, 0.1) is 12.2 Å². The summed E-state index contributed by atoms with van der Waals surface area (Å²) < 4.78 is 5.00. The van der Waals surface area contributed by atoms with Crippen molar-refractivity contribution in [3.05, 3.63) is 59.3 Å². The quantitative estimate of drug-likeness (QED) is 0.611. The van der Waals surface area contributed by atoms with Gasteiger partial charge in [-0.1, -0.05) is 32.9 Å². The number of pyridine rings is 1. The van der Waals surface area contributed by atoms with Gasteiger partial charge in [-0.25, -0.2) is 9.78 Å². The number of hydrogen-bond donors (Lipinski definition) is 1. The van der Waals surface area contributed by atoms with Crippen molar-refractivity contribution in [3.63, 3.8) is 0 Å². The highest BCUT2D eigenvalue weighted by Gasteiger charge is 2.20. The summed E-state index contributed by atoms with van der Waals surface area (Å²) in [5.74, 6) is 0.254. The molecule has 0 saturated carbocycles. The number of nitrogens with zero attached hydrogens (tertiary/aromatic N) is 3. The van der Waals surface area contributed by atoms with Gasteiger partial charge in [0.1, 0.15) is 5.82 Å². The van der Waals surface area contributed by atoms with Gasteiger partial charge in [0.2, 0.25) is 5.91 Å². The number of aromatic nitrogens is 1. The number of anilines is 1. The molecule has 188 valence electrons. The Hall–Kier alpha value is -3.42. The molecule has 3 rings (SSSR count). The summed E-state index contributed by atoms with van der Waals surface area (Å²) in [5, 5.41) is 2.86. The Kier molecular flexibility index (Phi) is 8.84. The molecule has 1 aliphatic rings. The van der Waals surface area contributed by atoms with Crippen LogP contribution in [0.2, 0.25) is 0 Å². The number of esters is 1. The lowest BCUT2D eigenvalue weighted by Gasteiger charge is -2.23. The van der Waals surface area contributed by atoms with Gasteiger partial charge in [0.15, 0.2) is 0 Å². The van der Waals surface area contributed by atoms with Gasteiger partial charge in [-0.2, -0.15) is 0 Å². The average Bonchev–Trinajstić information content (AvgIpc) is 3.10. The minimum atomic E-state index is -0.381. The second-order valence-electron chi connectivity index (χ2n) is 9.68. The van der Waals surface area contributed by atoms with Crippen LogP contribution in [0, 0.1) is 0 Å². The maximum atomic E-state index is 12.7. The zero-order valence-corrected chi connectivity index (χ0v) is 21.2. The lowest BCUT2D eigenvalue weighted by atomic mass is 9.87. The van der Waals surface area contributed by atoms with E-state index in [1.54, 1.807) is 13.0 Å². The van der Waals surface area contributed by atoms with Crippen LogP contribution < -0.4 is 10.2 Å². The summed E-state index contributed by atoms with van der Waals surface area (Å²) >= 11 is 0. The fourth-order valence-electron chi connectivity index (χ4n) is 3.97. The largest absolute Gasteiger partial charge is 0.462 e. The van der Waals surface area contributed by atoms with Crippen molar-refractivity contribution in [2.24, 2.45) is 0 Å². The number of carbonyl (C=O) groups is 3. The van der Waals surface area contributed by atoms with Crippen molar-refractivity contribution < 1.29 is 19.1 Å². The van der Waals surface area contributed by atoms with E-state index in [4.69, 9.17) is 4.74 Å². The van der Waals surface area contributed by atoms with Crippen LogP contribution in [0.4, 0.5) is 5.82 Å². The SMILES string of the molecule is CCOC(=O)c1ccc(N2CCCN(C(=O)CCNC(=O)c3ccc(C(C)(C)C)cc3)CC2)nc1. The predicted octanol–water partition coefficient (Wildman–Crippen LogP) is 3.41. The van der Waals surface area contributed by atoms with Gasteiger partial charge in [0.25, 0.3) is 5.91 Å². The second-order valence-corrected chi connectivity index (χ2v) is 9.68. The van der Waals surface area contributed by atoms with E-state index in [1.165, 1.54) is 11.8 Å². The molecule has 8 heteroatoms. The highest BCUT2D eigenvalue weighted by Crippen LogP contribution is 2.22. The molecule has 2 amide bonds. The van der Waals surface area contributed by atoms with E-state index >= 15 is 0 Å². The molecule has 1 aromatic heterocycles. The molecule has 0 bridgehead atoms. The molecule has 2 heterocycles. The van der Waals surface area contributed by atoms with Crippen LogP contribution in [0.15, 0.2) is 42.6 Å². The van der Waals surface area contributed by atoms with Crippen LogP contribution in [0.25, 0.3) is 0 Å². The first kappa shape index (κ1) is 26.2.